The molecule has 2 rings (SSSR count). The predicted octanol–water partition coefficient (Wildman–Crippen LogP) is 1.11. The standard InChI is InChI=1S/C10H9BrN4O2S/c11-5-1-7(8(12)13-2-5)9(16)14-3-6-4-18-10(17)15-6/h1-2,4H,3H2,(H2,12,13)(H,14,16)(H,15,17). The van der Waals surface area contributed by atoms with E-state index in [1.54, 1.807) is 11.4 Å². The number of aromatic nitrogens is 2. The van der Waals surface area contributed by atoms with Gasteiger partial charge in [0.15, 0.2) is 0 Å². The van der Waals surface area contributed by atoms with Crippen LogP contribution in [0.25, 0.3) is 0 Å². The van der Waals surface area contributed by atoms with Crippen molar-refractivity contribution in [2.75, 3.05) is 5.73 Å². The first-order chi connectivity index (χ1) is 8.56. The van der Waals surface area contributed by atoms with E-state index in [0.29, 0.717) is 15.7 Å². The largest absolute Gasteiger partial charge is 0.383 e. The third kappa shape index (κ3) is 2.96. The molecule has 0 fully saturated rings. The number of nitrogens with two attached hydrogens (primary N) is 1. The molecule has 18 heavy (non-hydrogen) atoms. The van der Waals surface area contributed by atoms with Crippen LogP contribution in [0.5, 0.6) is 0 Å². The van der Waals surface area contributed by atoms with E-state index in [1.807, 2.05) is 0 Å². The van der Waals surface area contributed by atoms with Gasteiger partial charge in [-0.2, -0.15) is 0 Å². The van der Waals surface area contributed by atoms with E-state index >= 15 is 0 Å². The van der Waals surface area contributed by atoms with Crippen molar-refractivity contribution < 1.29 is 4.79 Å². The lowest BCUT2D eigenvalue weighted by Crippen LogP contribution is -2.24. The maximum Gasteiger partial charge on any atom is 0.304 e. The Kier molecular flexibility index (Phi) is 3.78. The van der Waals surface area contributed by atoms with E-state index in [0.717, 1.165) is 11.3 Å². The van der Waals surface area contributed by atoms with Gasteiger partial charge in [-0.25, -0.2) is 4.98 Å². The van der Waals surface area contributed by atoms with Gasteiger partial charge in [0, 0.05) is 21.7 Å². The van der Waals surface area contributed by atoms with Crippen LogP contribution in [0.15, 0.2) is 26.9 Å². The van der Waals surface area contributed by atoms with E-state index in [9.17, 15) is 9.59 Å². The van der Waals surface area contributed by atoms with Gasteiger partial charge in [0.1, 0.15) is 5.82 Å². The second-order valence-corrected chi connectivity index (χ2v) is 5.20. The Morgan fingerprint density at radius 3 is 3.06 bits per heavy atom. The zero-order valence-corrected chi connectivity index (χ0v) is 11.5. The molecule has 0 aliphatic carbocycles. The van der Waals surface area contributed by atoms with Crippen LogP contribution in [0.3, 0.4) is 0 Å². The number of thiazole rings is 1. The normalized spacial score (nSPS) is 10.3. The van der Waals surface area contributed by atoms with Crippen molar-refractivity contribution in [1.29, 1.82) is 0 Å². The van der Waals surface area contributed by atoms with Crippen LogP contribution in [0, 0.1) is 0 Å². The molecule has 6 nitrogen and oxygen atoms in total. The SMILES string of the molecule is Nc1ncc(Br)cc1C(=O)NCc1csc(=O)[nH]1. The average Bonchev–Trinajstić information content (AvgIpc) is 2.75. The molecular formula is C10H9BrN4O2S. The van der Waals surface area contributed by atoms with Gasteiger partial charge >= 0.3 is 4.87 Å². The minimum atomic E-state index is -0.339. The third-order valence-corrected chi connectivity index (χ3v) is 3.29. The summed E-state index contributed by atoms with van der Waals surface area (Å²) < 4.78 is 0.672. The highest BCUT2D eigenvalue weighted by molar-refractivity contribution is 9.10. The van der Waals surface area contributed by atoms with Gasteiger partial charge in [-0.3, -0.25) is 9.59 Å². The average molecular weight is 329 g/mol. The number of nitrogens with one attached hydrogen (secondary N) is 2. The fraction of sp³-hybridized carbons (Fsp3) is 0.100. The van der Waals surface area contributed by atoms with Gasteiger partial charge < -0.3 is 16.0 Å². The van der Waals surface area contributed by atoms with Crippen LogP contribution in [0.1, 0.15) is 16.1 Å². The highest BCUT2D eigenvalue weighted by Crippen LogP contribution is 2.15. The molecule has 0 aromatic carbocycles. The summed E-state index contributed by atoms with van der Waals surface area (Å²) in [6.45, 7) is 0.240. The molecule has 0 aliphatic rings. The van der Waals surface area contributed by atoms with E-state index in [4.69, 9.17) is 5.73 Å². The summed E-state index contributed by atoms with van der Waals surface area (Å²) in [7, 11) is 0. The van der Waals surface area contributed by atoms with Crippen LogP contribution in [0.2, 0.25) is 0 Å². The number of carbonyl (C=O) groups is 1. The number of pyridine rings is 1. The number of halogens is 1. The molecule has 0 saturated carbocycles. The molecule has 0 atom stereocenters. The van der Waals surface area contributed by atoms with E-state index in [2.05, 4.69) is 31.2 Å². The van der Waals surface area contributed by atoms with Gasteiger partial charge in [-0.1, -0.05) is 11.3 Å². The number of carbonyl (C=O) groups excluding carboxylic acids is 1. The Balaban J connectivity index is 2.08. The first kappa shape index (κ1) is 12.8. The third-order valence-electron chi connectivity index (χ3n) is 2.14. The molecule has 2 aromatic heterocycles. The first-order valence-electron chi connectivity index (χ1n) is 4.92. The molecular weight excluding hydrogens is 320 g/mol. The van der Waals surface area contributed by atoms with E-state index < -0.39 is 0 Å². The lowest BCUT2D eigenvalue weighted by atomic mass is 10.2. The van der Waals surface area contributed by atoms with E-state index in [1.165, 1.54) is 6.20 Å². The number of hydrogen-bond donors (Lipinski definition) is 3. The second-order valence-electron chi connectivity index (χ2n) is 3.44. The van der Waals surface area contributed by atoms with Gasteiger partial charge in [0.25, 0.3) is 5.91 Å². The number of nitrogens with zero attached hydrogens (tertiary/aromatic N) is 1. The summed E-state index contributed by atoms with van der Waals surface area (Å²) in [6, 6.07) is 1.59. The Morgan fingerprint density at radius 1 is 1.61 bits per heavy atom. The van der Waals surface area contributed by atoms with E-state index in [-0.39, 0.29) is 23.1 Å². The Labute approximate surface area is 114 Å². The fourth-order valence-electron chi connectivity index (χ4n) is 1.30. The van der Waals surface area contributed by atoms with Crippen molar-refractivity contribution in [3.8, 4) is 0 Å². The Hall–Kier alpha value is -1.67. The topological polar surface area (TPSA) is 101 Å². The van der Waals surface area contributed by atoms with Crippen LogP contribution >= 0.6 is 27.3 Å². The smallest absolute Gasteiger partial charge is 0.304 e. The van der Waals surface area contributed by atoms with Gasteiger partial charge in [0.05, 0.1) is 12.1 Å². The first-order valence-corrected chi connectivity index (χ1v) is 6.59. The van der Waals surface area contributed by atoms with Crippen LogP contribution < -0.4 is 15.9 Å². The van der Waals surface area contributed by atoms with Crippen LogP contribution in [0.4, 0.5) is 5.82 Å². The molecule has 4 N–H and O–H groups in total. The molecule has 2 aromatic rings. The molecule has 8 heteroatoms. The second kappa shape index (κ2) is 5.32. The van der Waals surface area contributed by atoms with Gasteiger partial charge in [-0.15, -0.1) is 0 Å². The summed E-state index contributed by atoms with van der Waals surface area (Å²) in [4.78, 5) is 29.1. The van der Waals surface area contributed by atoms with Crippen molar-refractivity contribution in [1.82, 2.24) is 15.3 Å². The molecule has 0 saturated heterocycles. The van der Waals surface area contributed by atoms with Gasteiger partial charge in [0.2, 0.25) is 0 Å². The monoisotopic (exact) mass is 328 g/mol. The number of amides is 1. The molecule has 0 radical (unpaired) electrons. The van der Waals surface area contributed by atoms with Crippen molar-refractivity contribution >= 4 is 39.0 Å². The number of rotatable bonds is 3. The van der Waals surface area contributed by atoms with Crippen molar-refractivity contribution in [2.24, 2.45) is 0 Å². The highest BCUT2D eigenvalue weighted by Gasteiger charge is 2.11. The molecule has 94 valence electrons. The fourth-order valence-corrected chi connectivity index (χ4v) is 2.22. The zero-order valence-electron chi connectivity index (χ0n) is 9.07. The number of H-pyrrole nitrogens is 1. The maximum atomic E-state index is 11.9. The predicted molar refractivity (Wildman–Crippen MR) is 72.5 cm³/mol. The number of nitrogen functional groups attached to an aromatic ring is 1. The highest BCUT2D eigenvalue weighted by atomic mass is 79.9. The minimum absolute atomic E-state index is 0.150. The molecule has 0 spiro atoms. The molecule has 0 aliphatic heterocycles. The molecule has 0 unspecified atom stereocenters. The lowest BCUT2D eigenvalue weighted by molar-refractivity contribution is 0.0951. The number of hydrogen-bond acceptors (Lipinski definition) is 5. The summed E-state index contributed by atoms with van der Waals surface area (Å²) in [6.07, 6.45) is 1.52. The molecule has 2 heterocycles. The summed E-state index contributed by atoms with van der Waals surface area (Å²) in [5.74, 6) is -0.178. The molecule has 0 bridgehead atoms. The maximum absolute atomic E-state index is 11.9. The summed E-state index contributed by atoms with van der Waals surface area (Å²) in [5, 5.41) is 4.31. The quantitative estimate of drug-likeness (QED) is 0.785. The minimum Gasteiger partial charge on any atom is -0.383 e. The van der Waals surface area contributed by atoms with Crippen molar-refractivity contribution in [3.63, 3.8) is 0 Å². The Bertz CT molecular complexity index is 637. The molecule has 1 amide bonds. The summed E-state index contributed by atoms with van der Waals surface area (Å²) >= 11 is 4.27. The van der Waals surface area contributed by atoms with Gasteiger partial charge in [-0.05, 0) is 22.0 Å². The van der Waals surface area contributed by atoms with Crippen LogP contribution in [-0.4, -0.2) is 15.9 Å². The number of aromatic amines is 1. The van der Waals surface area contributed by atoms with Crippen molar-refractivity contribution in [3.05, 3.63) is 43.0 Å². The number of anilines is 1. The lowest BCUT2D eigenvalue weighted by Gasteiger charge is -2.06. The van der Waals surface area contributed by atoms with Crippen molar-refractivity contribution in [2.45, 2.75) is 6.54 Å². The summed E-state index contributed by atoms with van der Waals surface area (Å²) in [5.41, 5.74) is 6.56. The zero-order chi connectivity index (χ0) is 13.1. The Morgan fingerprint density at radius 2 is 2.39 bits per heavy atom. The van der Waals surface area contributed by atoms with Crippen LogP contribution in [-0.2, 0) is 6.54 Å².